The molecule has 1 heterocycles. The molecule has 0 saturated heterocycles. The molecule has 0 amide bonds. The summed E-state index contributed by atoms with van der Waals surface area (Å²) in [6.07, 6.45) is -1.64. The number of H-pyrrole nitrogens is 1. The summed E-state index contributed by atoms with van der Waals surface area (Å²) in [6, 6.07) is 0.468. The average Bonchev–Trinajstić information content (AvgIpc) is 2.22. The molecular weight excluding hydrogens is 253 g/mol. The van der Waals surface area contributed by atoms with Crippen LogP contribution in [-0.4, -0.2) is 15.7 Å². The zero-order chi connectivity index (χ0) is 12.9. The van der Waals surface area contributed by atoms with Crippen molar-refractivity contribution in [3.8, 4) is 0 Å². The summed E-state index contributed by atoms with van der Waals surface area (Å²) in [5.41, 5.74) is -1.91. The predicted molar refractivity (Wildman–Crippen MR) is 60.1 cm³/mol. The van der Waals surface area contributed by atoms with E-state index in [1.807, 2.05) is 6.92 Å². The molecule has 1 N–H and O–H groups in total. The Morgan fingerprint density at radius 2 is 2.12 bits per heavy atom. The van der Waals surface area contributed by atoms with Gasteiger partial charge >= 0.3 is 6.18 Å². The fourth-order valence-electron chi connectivity index (χ4n) is 1.17. The molecule has 1 aromatic rings. The number of thioether (sulfide) groups is 1. The molecule has 0 atom stereocenters. The van der Waals surface area contributed by atoms with Crippen molar-refractivity contribution in [3.63, 3.8) is 0 Å². The summed E-state index contributed by atoms with van der Waals surface area (Å²) in [4.78, 5) is 16.7. The second kappa shape index (κ2) is 6.09. The van der Waals surface area contributed by atoms with Crippen molar-refractivity contribution in [2.24, 2.45) is 0 Å². The standard InChI is InChI=1S/C10H13F3N2OS/c1-2-3-4-5-17-9-14-7(10(11,12)13)6-8(16)15-9/h6H,2-5H2,1H3,(H,14,15,16). The third-order valence-electron chi connectivity index (χ3n) is 2.00. The van der Waals surface area contributed by atoms with Crippen LogP contribution in [0.2, 0.25) is 0 Å². The second-order valence-corrected chi connectivity index (χ2v) is 4.57. The van der Waals surface area contributed by atoms with Crippen molar-refractivity contribution in [1.82, 2.24) is 9.97 Å². The van der Waals surface area contributed by atoms with Gasteiger partial charge in [-0.3, -0.25) is 4.79 Å². The van der Waals surface area contributed by atoms with Crippen LogP contribution in [0.5, 0.6) is 0 Å². The number of hydrogen-bond donors (Lipinski definition) is 1. The third-order valence-corrected chi connectivity index (χ3v) is 2.96. The highest BCUT2D eigenvalue weighted by Gasteiger charge is 2.33. The van der Waals surface area contributed by atoms with Gasteiger partial charge in [0.05, 0.1) is 0 Å². The number of hydrogen-bond acceptors (Lipinski definition) is 3. The lowest BCUT2D eigenvalue weighted by molar-refractivity contribution is -0.141. The Labute approximate surface area is 101 Å². The van der Waals surface area contributed by atoms with E-state index in [1.165, 1.54) is 0 Å². The van der Waals surface area contributed by atoms with Crippen molar-refractivity contribution >= 4 is 11.8 Å². The molecule has 96 valence electrons. The summed E-state index contributed by atoms with van der Waals surface area (Å²) in [5.74, 6) is 0.651. The van der Waals surface area contributed by atoms with Gasteiger partial charge in [-0.1, -0.05) is 31.5 Å². The van der Waals surface area contributed by atoms with Crippen LogP contribution >= 0.6 is 11.8 Å². The van der Waals surface area contributed by atoms with Crippen molar-refractivity contribution in [1.29, 1.82) is 0 Å². The van der Waals surface area contributed by atoms with Gasteiger partial charge in [0.2, 0.25) is 0 Å². The Hall–Kier alpha value is -0.980. The van der Waals surface area contributed by atoms with Crippen LogP contribution in [0.15, 0.2) is 16.0 Å². The van der Waals surface area contributed by atoms with Gasteiger partial charge in [-0.2, -0.15) is 13.2 Å². The first-order valence-electron chi connectivity index (χ1n) is 5.25. The van der Waals surface area contributed by atoms with Crippen LogP contribution in [0, 0.1) is 0 Å². The van der Waals surface area contributed by atoms with Gasteiger partial charge in [0.25, 0.3) is 5.56 Å². The second-order valence-electron chi connectivity index (χ2n) is 3.49. The highest BCUT2D eigenvalue weighted by atomic mass is 32.2. The zero-order valence-corrected chi connectivity index (χ0v) is 10.1. The normalized spacial score (nSPS) is 11.8. The van der Waals surface area contributed by atoms with Crippen molar-refractivity contribution < 1.29 is 13.2 Å². The van der Waals surface area contributed by atoms with Crippen LogP contribution in [0.25, 0.3) is 0 Å². The number of aromatic amines is 1. The van der Waals surface area contributed by atoms with E-state index in [4.69, 9.17) is 0 Å². The highest BCUT2D eigenvalue weighted by Crippen LogP contribution is 2.27. The third kappa shape index (κ3) is 4.80. The van der Waals surface area contributed by atoms with Gasteiger partial charge in [0.15, 0.2) is 10.9 Å². The summed E-state index contributed by atoms with van der Waals surface area (Å²) >= 11 is 1.14. The molecule has 0 radical (unpaired) electrons. The van der Waals surface area contributed by atoms with Gasteiger partial charge in [0, 0.05) is 11.8 Å². The minimum atomic E-state index is -4.58. The number of alkyl halides is 3. The number of aromatic nitrogens is 2. The average molecular weight is 266 g/mol. The molecular formula is C10H13F3N2OS. The summed E-state index contributed by atoms with van der Waals surface area (Å²) in [5, 5.41) is 0.0286. The van der Waals surface area contributed by atoms with Gasteiger partial charge in [0.1, 0.15) is 0 Å². The van der Waals surface area contributed by atoms with E-state index in [1.54, 1.807) is 0 Å². The monoisotopic (exact) mass is 266 g/mol. The molecule has 0 unspecified atom stereocenters. The fourth-order valence-corrected chi connectivity index (χ4v) is 2.05. The Kier molecular flexibility index (Phi) is 5.04. The van der Waals surface area contributed by atoms with Crippen molar-refractivity contribution in [2.45, 2.75) is 37.5 Å². The van der Waals surface area contributed by atoms with Gasteiger partial charge in [-0.15, -0.1) is 0 Å². The predicted octanol–water partition coefficient (Wildman–Crippen LogP) is 3.07. The maximum atomic E-state index is 12.4. The molecule has 0 spiro atoms. The smallest absolute Gasteiger partial charge is 0.301 e. The lowest BCUT2D eigenvalue weighted by Crippen LogP contribution is -2.16. The highest BCUT2D eigenvalue weighted by molar-refractivity contribution is 7.99. The first-order chi connectivity index (χ1) is 7.93. The van der Waals surface area contributed by atoms with Crippen LogP contribution in [0.4, 0.5) is 13.2 Å². The van der Waals surface area contributed by atoms with Gasteiger partial charge in [-0.25, -0.2) is 4.98 Å². The minimum absolute atomic E-state index is 0.0286. The molecule has 0 aliphatic heterocycles. The van der Waals surface area contributed by atoms with Gasteiger partial charge < -0.3 is 4.98 Å². The molecule has 0 fully saturated rings. The van der Waals surface area contributed by atoms with E-state index in [0.29, 0.717) is 11.8 Å². The van der Waals surface area contributed by atoms with Crippen molar-refractivity contribution in [2.75, 3.05) is 5.75 Å². The SMILES string of the molecule is CCCCCSc1nc(C(F)(F)F)cc(=O)[nH]1. The van der Waals surface area contributed by atoms with Crippen LogP contribution in [0.3, 0.4) is 0 Å². The molecule has 17 heavy (non-hydrogen) atoms. The maximum absolute atomic E-state index is 12.4. The summed E-state index contributed by atoms with van der Waals surface area (Å²) in [7, 11) is 0. The number of halogens is 3. The summed E-state index contributed by atoms with van der Waals surface area (Å²) < 4.78 is 37.1. The van der Waals surface area contributed by atoms with Gasteiger partial charge in [-0.05, 0) is 6.42 Å². The van der Waals surface area contributed by atoms with Crippen LogP contribution in [0.1, 0.15) is 31.9 Å². The van der Waals surface area contributed by atoms with Crippen LogP contribution < -0.4 is 5.56 Å². The molecule has 1 rings (SSSR count). The molecule has 0 saturated carbocycles. The first kappa shape index (κ1) is 14.1. The number of nitrogens with zero attached hydrogens (tertiary/aromatic N) is 1. The number of unbranched alkanes of at least 4 members (excludes halogenated alkanes) is 2. The van der Waals surface area contributed by atoms with E-state index in [9.17, 15) is 18.0 Å². The molecule has 0 bridgehead atoms. The number of nitrogens with one attached hydrogen (secondary N) is 1. The Bertz CT molecular complexity index is 417. The Morgan fingerprint density at radius 1 is 1.41 bits per heavy atom. The first-order valence-corrected chi connectivity index (χ1v) is 6.23. The van der Waals surface area contributed by atoms with E-state index >= 15 is 0 Å². The topological polar surface area (TPSA) is 45.8 Å². The van der Waals surface area contributed by atoms with Crippen LogP contribution in [-0.2, 0) is 6.18 Å². The largest absolute Gasteiger partial charge is 0.433 e. The van der Waals surface area contributed by atoms with E-state index in [0.717, 1.165) is 31.0 Å². The lowest BCUT2D eigenvalue weighted by atomic mass is 10.3. The molecule has 0 aliphatic carbocycles. The molecule has 0 aliphatic rings. The molecule has 0 aromatic carbocycles. The Morgan fingerprint density at radius 3 is 2.71 bits per heavy atom. The van der Waals surface area contributed by atoms with E-state index in [-0.39, 0.29) is 5.16 Å². The maximum Gasteiger partial charge on any atom is 0.433 e. The lowest BCUT2D eigenvalue weighted by Gasteiger charge is -2.06. The van der Waals surface area contributed by atoms with E-state index < -0.39 is 17.4 Å². The summed E-state index contributed by atoms with van der Waals surface area (Å²) in [6.45, 7) is 2.04. The Balaban J connectivity index is 2.73. The zero-order valence-electron chi connectivity index (χ0n) is 9.30. The molecule has 3 nitrogen and oxygen atoms in total. The van der Waals surface area contributed by atoms with E-state index in [2.05, 4.69) is 9.97 Å². The minimum Gasteiger partial charge on any atom is -0.301 e. The fraction of sp³-hybridized carbons (Fsp3) is 0.600. The quantitative estimate of drug-likeness (QED) is 0.506. The molecule has 1 aromatic heterocycles. The van der Waals surface area contributed by atoms with Crippen molar-refractivity contribution in [3.05, 3.63) is 22.1 Å². The number of rotatable bonds is 5. The molecule has 7 heteroatoms.